The van der Waals surface area contributed by atoms with Crippen molar-refractivity contribution < 1.29 is 9.47 Å². The molecule has 3 unspecified atom stereocenters. The van der Waals surface area contributed by atoms with Gasteiger partial charge in [0.15, 0.2) is 11.5 Å². The van der Waals surface area contributed by atoms with Crippen LogP contribution in [0.15, 0.2) is 42.5 Å². The number of hydrogen-bond donors (Lipinski definition) is 0. The van der Waals surface area contributed by atoms with Crippen LogP contribution in [0.3, 0.4) is 0 Å². The summed E-state index contributed by atoms with van der Waals surface area (Å²) < 4.78 is 11.9. The van der Waals surface area contributed by atoms with Crippen molar-refractivity contribution in [2.45, 2.75) is 64.4 Å². The molecule has 0 aliphatic heterocycles. The van der Waals surface area contributed by atoms with Crippen LogP contribution in [0, 0.1) is 17.3 Å². The van der Waals surface area contributed by atoms with Crippen LogP contribution < -0.4 is 9.47 Å². The van der Waals surface area contributed by atoms with E-state index in [1.54, 1.807) is 12.7 Å². The third-order valence-corrected chi connectivity index (χ3v) is 8.03. The minimum atomic E-state index is 0.586. The fraction of sp³-hybridized carbons (Fsp3) is 0.538. The first-order chi connectivity index (χ1) is 13.7. The molecule has 0 saturated heterocycles. The minimum Gasteiger partial charge on any atom is -0.493 e. The molecule has 4 atom stereocenters. The Morgan fingerprint density at radius 1 is 1.00 bits per heavy atom. The summed E-state index contributed by atoms with van der Waals surface area (Å²) in [7, 11) is 1.77. The van der Waals surface area contributed by atoms with Gasteiger partial charge >= 0.3 is 0 Å². The Kier molecular flexibility index (Phi) is 4.61. The Hall–Kier alpha value is -1.96. The molecule has 2 saturated carbocycles. The highest BCUT2D eigenvalue weighted by molar-refractivity contribution is 5.50. The van der Waals surface area contributed by atoms with E-state index in [9.17, 15) is 0 Å². The summed E-state index contributed by atoms with van der Waals surface area (Å²) in [6.45, 7) is 3.15. The molecule has 0 N–H and O–H groups in total. The van der Waals surface area contributed by atoms with Crippen LogP contribution in [-0.2, 0) is 13.0 Å². The van der Waals surface area contributed by atoms with E-state index in [1.165, 1.54) is 56.1 Å². The van der Waals surface area contributed by atoms with Crippen LogP contribution in [0.5, 0.6) is 11.5 Å². The van der Waals surface area contributed by atoms with Gasteiger partial charge in [-0.25, -0.2) is 0 Å². The minimum absolute atomic E-state index is 0.586. The lowest BCUT2D eigenvalue weighted by molar-refractivity contribution is 0.0597. The lowest BCUT2D eigenvalue weighted by Gasteiger charge is -2.49. The Morgan fingerprint density at radius 2 is 1.86 bits per heavy atom. The first kappa shape index (κ1) is 18.1. The maximum Gasteiger partial charge on any atom is 0.161 e. The second-order valence-corrected chi connectivity index (χ2v) is 9.48. The van der Waals surface area contributed by atoms with Crippen LogP contribution in [0.25, 0.3) is 0 Å². The van der Waals surface area contributed by atoms with Crippen molar-refractivity contribution in [3.63, 3.8) is 0 Å². The molecule has 0 radical (unpaired) electrons. The van der Waals surface area contributed by atoms with Crippen LogP contribution >= 0.6 is 0 Å². The highest BCUT2D eigenvalue weighted by Crippen LogP contribution is 2.61. The second kappa shape index (κ2) is 7.13. The van der Waals surface area contributed by atoms with E-state index < -0.39 is 0 Å². The van der Waals surface area contributed by atoms with Gasteiger partial charge in [0.2, 0.25) is 0 Å². The first-order valence-corrected chi connectivity index (χ1v) is 11.1. The van der Waals surface area contributed by atoms with Gasteiger partial charge in [0.05, 0.1) is 7.11 Å². The van der Waals surface area contributed by atoms with Crippen LogP contribution in [0.4, 0.5) is 0 Å². The summed E-state index contributed by atoms with van der Waals surface area (Å²) in [5, 5.41) is 0. The molecule has 0 spiro atoms. The van der Waals surface area contributed by atoms with Gasteiger partial charge in [-0.2, -0.15) is 0 Å². The molecule has 2 aromatic carbocycles. The molecule has 28 heavy (non-hydrogen) atoms. The average molecular weight is 377 g/mol. The Morgan fingerprint density at radius 3 is 2.68 bits per heavy atom. The third-order valence-electron chi connectivity index (χ3n) is 8.03. The Bertz CT molecular complexity index is 843. The number of aryl methyl sites for hydroxylation is 1. The fourth-order valence-electron chi connectivity index (χ4n) is 6.58. The smallest absolute Gasteiger partial charge is 0.161 e. The molecule has 2 nitrogen and oxygen atoms in total. The Balaban J connectivity index is 1.42. The molecule has 0 aromatic heterocycles. The van der Waals surface area contributed by atoms with Gasteiger partial charge in [-0.15, -0.1) is 0 Å². The molecular weight excluding hydrogens is 344 g/mol. The van der Waals surface area contributed by atoms with Crippen LogP contribution in [0.1, 0.15) is 68.1 Å². The van der Waals surface area contributed by atoms with Crippen molar-refractivity contribution in [3.8, 4) is 11.5 Å². The molecule has 2 fully saturated rings. The van der Waals surface area contributed by atoms with Crippen LogP contribution in [-0.4, -0.2) is 7.11 Å². The van der Waals surface area contributed by atoms with Gasteiger partial charge in [0.1, 0.15) is 6.61 Å². The monoisotopic (exact) mass is 376 g/mol. The van der Waals surface area contributed by atoms with Crippen LogP contribution in [0.2, 0.25) is 0 Å². The molecule has 2 heteroatoms. The number of fused-ring (bicyclic) bond motifs is 5. The second-order valence-electron chi connectivity index (χ2n) is 9.48. The first-order valence-electron chi connectivity index (χ1n) is 11.1. The van der Waals surface area contributed by atoms with Gasteiger partial charge in [0, 0.05) is 0 Å². The highest BCUT2D eigenvalue weighted by atomic mass is 16.5. The van der Waals surface area contributed by atoms with Gasteiger partial charge in [-0.1, -0.05) is 43.7 Å². The molecule has 3 aliphatic rings. The third kappa shape index (κ3) is 3.02. The topological polar surface area (TPSA) is 18.5 Å². The molecule has 148 valence electrons. The molecule has 0 heterocycles. The zero-order valence-electron chi connectivity index (χ0n) is 17.2. The van der Waals surface area contributed by atoms with Gasteiger partial charge in [0.25, 0.3) is 0 Å². The van der Waals surface area contributed by atoms with Gasteiger partial charge < -0.3 is 9.47 Å². The molecule has 0 bridgehead atoms. The maximum atomic E-state index is 6.18. The summed E-state index contributed by atoms with van der Waals surface area (Å²) in [5.41, 5.74) is 4.84. The zero-order chi connectivity index (χ0) is 19.1. The fourth-order valence-corrected chi connectivity index (χ4v) is 6.58. The zero-order valence-corrected chi connectivity index (χ0v) is 17.2. The van der Waals surface area contributed by atoms with Crippen molar-refractivity contribution in [2.75, 3.05) is 7.11 Å². The predicted molar refractivity (Wildman–Crippen MR) is 113 cm³/mol. The normalized spacial score (nSPS) is 30.9. The molecule has 0 amide bonds. The lowest BCUT2D eigenvalue weighted by atomic mass is 9.56. The number of methoxy groups -OCH3 is 1. The molecular formula is C26H32O2. The van der Waals surface area contributed by atoms with Crippen molar-refractivity contribution in [2.24, 2.45) is 17.3 Å². The van der Waals surface area contributed by atoms with Gasteiger partial charge in [-0.05, 0) is 90.5 Å². The van der Waals surface area contributed by atoms with Crippen molar-refractivity contribution in [1.82, 2.24) is 0 Å². The van der Waals surface area contributed by atoms with E-state index in [2.05, 4.69) is 43.3 Å². The number of benzene rings is 2. The summed E-state index contributed by atoms with van der Waals surface area (Å²) in [4.78, 5) is 0. The molecule has 3 aliphatic carbocycles. The van der Waals surface area contributed by atoms with E-state index >= 15 is 0 Å². The molecule has 2 aromatic rings. The van der Waals surface area contributed by atoms with Crippen molar-refractivity contribution in [1.29, 1.82) is 0 Å². The lowest BCUT2D eigenvalue weighted by Crippen LogP contribution is -2.39. The largest absolute Gasteiger partial charge is 0.493 e. The molecule has 5 rings (SSSR count). The highest BCUT2D eigenvalue weighted by Gasteiger charge is 2.50. The maximum absolute atomic E-state index is 6.18. The number of hydrogen-bond acceptors (Lipinski definition) is 2. The summed E-state index contributed by atoms with van der Waals surface area (Å²) in [5.74, 6) is 4.31. The Labute approximate surface area is 169 Å². The van der Waals surface area contributed by atoms with E-state index in [-0.39, 0.29) is 0 Å². The summed E-state index contributed by atoms with van der Waals surface area (Å²) in [6.07, 6.45) is 9.61. The summed E-state index contributed by atoms with van der Waals surface area (Å²) in [6, 6.07) is 15.0. The number of rotatable bonds is 4. The SMILES string of the molecule is COc1cc2c(cc1OCc1ccccc1)CCC1C2CC[C@]2(C)CCCC12. The van der Waals surface area contributed by atoms with Crippen molar-refractivity contribution in [3.05, 3.63) is 59.2 Å². The predicted octanol–water partition coefficient (Wildman–Crippen LogP) is 6.52. The number of ether oxygens (including phenoxy) is 2. The van der Waals surface area contributed by atoms with E-state index in [0.29, 0.717) is 12.0 Å². The van der Waals surface area contributed by atoms with E-state index in [4.69, 9.17) is 9.47 Å². The quantitative estimate of drug-likeness (QED) is 0.605. The van der Waals surface area contributed by atoms with E-state index in [0.717, 1.165) is 29.3 Å². The standard InChI is InChI=1S/C26H32O2/c1-26-13-6-9-23(26)21-11-10-19-15-25(28-17-18-7-4-3-5-8-18)24(27-2)16-22(19)20(21)12-14-26/h3-5,7-8,15-16,20-21,23H,6,9-14,17H2,1-2H3/t20?,21?,23?,26-/m0/s1. The summed E-state index contributed by atoms with van der Waals surface area (Å²) >= 11 is 0. The van der Waals surface area contributed by atoms with E-state index in [1.807, 2.05) is 6.07 Å². The van der Waals surface area contributed by atoms with Crippen molar-refractivity contribution >= 4 is 0 Å². The van der Waals surface area contributed by atoms with Gasteiger partial charge in [-0.3, -0.25) is 0 Å². The average Bonchev–Trinajstić information content (AvgIpc) is 3.14.